The number of aliphatic hydroxyl groups excluding tert-OH is 1. The van der Waals surface area contributed by atoms with Crippen molar-refractivity contribution in [2.45, 2.75) is 71.1 Å². The summed E-state index contributed by atoms with van der Waals surface area (Å²) < 4.78 is 1.78. The van der Waals surface area contributed by atoms with Gasteiger partial charge < -0.3 is 15.3 Å². The van der Waals surface area contributed by atoms with Crippen molar-refractivity contribution in [3.8, 4) is 0 Å². The number of carbonyl (C=O) groups excluding carboxylic acids is 1. The molecule has 1 aromatic rings. The van der Waals surface area contributed by atoms with E-state index in [0.29, 0.717) is 5.82 Å². The Balaban J connectivity index is 2.21. The third-order valence-corrected chi connectivity index (χ3v) is 3.94. The molecule has 2 N–H and O–H groups in total. The summed E-state index contributed by atoms with van der Waals surface area (Å²) >= 11 is 0. The van der Waals surface area contributed by atoms with Gasteiger partial charge in [0.15, 0.2) is 5.82 Å². The van der Waals surface area contributed by atoms with Crippen molar-refractivity contribution in [2.24, 2.45) is 0 Å². The Morgan fingerprint density at radius 3 is 2.86 bits per heavy atom. The lowest BCUT2D eigenvalue weighted by atomic mass is 10.2. The highest BCUT2D eigenvalue weighted by atomic mass is 16.3. The molecule has 2 rings (SSSR count). The Morgan fingerprint density at radius 2 is 2.23 bits per heavy atom. The second kappa shape index (κ2) is 7.53. The lowest BCUT2D eigenvalue weighted by Crippen LogP contribution is -2.47. The maximum absolute atomic E-state index is 12.5. The van der Waals surface area contributed by atoms with Crippen LogP contribution >= 0.6 is 0 Å². The molecular weight excluding hydrogens is 284 g/mol. The van der Waals surface area contributed by atoms with E-state index in [9.17, 15) is 9.90 Å². The van der Waals surface area contributed by atoms with Crippen LogP contribution in [0.25, 0.3) is 0 Å². The van der Waals surface area contributed by atoms with Crippen molar-refractivity contribution in [1.29, 1.82) is 0 Å². The number of carbonyl (C=O) groups is 1. The molecule has 0 aromatic carbocycles. The average Bonchev–Trinajstić information content (AvgIpc) is 3.09. The molecule has 1 saturated heterocycles. The van der Waals surface area contributed by atoms with Crippen LogP contribution in [-0.4, -0.2) is 54.9 Å². The van der Waals surface area contributed by atoms with E-state index in [2.05, 4.69) is 27.8 Å². The smallest absolute Gasteiger partial charge is 0.318 e. The number of amides is 2. The zero-order chi connectivity index (χ0) is 16.1. The number of tetrazole rings is 1. The molecule has 8 nitrogen and oxygen atoms in total. The number of nitrogens with zero attached hydrogens (tertiary/aromatic N) is 5. The molecule has 2 atom stereocenters. The molecule has 22 heavy (non-hydrogen) atoms. The predicted molar refractivity (Wildman–Crippen MR) is 81.1 cm³/mol. The van der Waals surface area contributed by atoms with E-state index in [1.165, 1.54) is 0 Å². The molecule has 0 aliphatic carbocycles. The van der Waals surface area contributed by atoms with Crippen molar-refractivity contribution in [2.75, 3.05) is 6.61 Å². The molecule has 0 spiro atoms. The second-order valence-electron chi connectivity index (χ2n) is 6.05. The van der Waals surface area contributed by atoms with E-state index in [4.69, 9.17) is 0 Å². The van der Waals surface area contributed by atoms with Gasteiger partial charge in [-0.2, -0.15) is 0 Å². The van der Waals surface area contributed by atoms with E-state index >= 15 is 0 Å². The largest absolute Gasteiger partial charge is 0.394 e. The van der Waals surface area contributed by atoms with E-state index in [1.807, 2.05) is 13.8 Å². The van der Waals surface area contributed by atoms with Crippen molar-refractivity contribution in [3.63, 3.8) is 0 Å². The number of aliphatic hydroxyl groups is 1. The summed E-state index contributed by atoms with van der Waals surface area (Å²) in [4.78, 5) is 14.2. The Kier molecular flexibility index (Phi) is 5.70. The van der Waals surface area contributed by atoms with E-state index in [-0.39, 0.29) is 30.8 Å². The van der Waals surface area contributed by atoms with Gasteiger partial charge >= 0.3 is 6.03 Å². The van der Waals surface area contributed by atoms with Crippen molar-refractivity contribution in [1.82, 2.24) is 30.4 Å². The first kappa shape index (κ1) is 16.7. The van der Waals surface area contributed by atoms with Crippen molar-refractivity contribution >= 4 is 6.03 Å². The van der Waals surface area contributed by atoms with Gasteiger partial charge in [-0.3, -0.25) is 0 Å². The number of hydrogen-bond donors (Lipinski definition) is 2. The predicted octanol–water partition coefficient (Wildman–Crippen LogP) is 1.09. The van der Waals surface area contributed by atoms with Gasteiger partial charge in [0.25, 0.3) is 0 Å². The van der Waals surface area contributed by atoms with E-state index in [1.54, 1.807) is 9.58 Å². The van der Waals surface area contributed by atoms with Crippen molar-refractivity contribution < 1.29 is 9.90 Å². The Labute approximate surface area is 130 Å². The van der Waals surface area contributed by atoms with Crippen LogP contribution in [-0.2, 0) is 6.54 Å². The van der Waals surface area contributed by atoms with Gasteiger partial charge in [-0.1, -0.05) is 13.3 Å². The number of aromatic nitrogens is 4. The second-order valence-corrected chi connectivity index (χ2v) is 6.05. The molecule has 2 amide bonds. The number of hydrogen-bond acceptors (Lipinski definition) is 5. The maximum atomic E-state index is 12.5. The molecule has 0 radical (unpaired) electrons. The number of likely N-dealkylation sites (tertiary alicyclic amines) is 1. The van der Waals surface area contributed by atoms with Crippen LogP contribution in [0.15, 0.2) is 0 Å². The molecule has 2 heterocycles. The summed E-state index contributed by atoms with van der Waals surface area (Å²) in [6.45, 7) is 6.66. The molecule has 0 saturated carbocycles. The van der Waals surface area contributed by atoms with Gasteiger partial charge in [0.1, 0.15) is 0 Å². The summed E-state index contributed by atoms with van der Waals surface area (Å²) in [6, 6.07) is -0.478. The summed E-state index contributed by atoms with van der Waals surface area (Å²) in [7, 11) is 0. The van der Waals surface area contributed by atoms with Crippen LogP contribution in [0.1, 0.15) is 58.3 Å². The van der Waals surface area contributed by atoms with Gasteiger partial charge in [0.05, 0.1) is 18.7 Å². The molecule has 1 fully saturated rings. The summed E-state index contributed by atoms with van der Waals surface area (Å²) in [6.07, 6.45) is 3.57. The minimum Gasteiger partial charge on any atom is -0.394 e. The normalized spacial score (nSPS) is 21.6. The van der Waals surface area contributed by atoms with Crippen LogP contribution in [0.2, 0.25) is 0 Å². The van der Waals surface area contributed by atoms with Gasteiger partial charge in [-0.15, -0.1) is 5.10 Å². The molecule has 124 valence electrons. The molecule has 1 aromatic heterocycles. The average molecular weight is 310 g/mol. The van der Waals surface area contributed by atoms with Gasteiger partial charge in [0, 0.05) is 12.6 Å². The van der Waals surface area contributed by atoms with E-state index in [0.717, 1.165) is 32.2 Å². The molecule has 8 heteroatoms. The van der Waals surface area contributed by atoms with Crippen LogP contribution in [0.4, 0.5) is 4.79 Å². The summed E-state index contributed by atoms with van der Waals surface area (Å²) in [5.41, 5.74) is 0. The summed E-state index contributed by atoms with van der Waals surface area (Å²) in [5.74, 6) is 0.711. The number of nitrogens with one attached hydrogen (secondary N) is 1. The highest BCUT2D eigenvalue weighted by molar-refractivity contribution is 5.75. The Hall–Kier alpha value is -1.70. The third-order valence-electron chi connectivity index (χ3n) is 3.94. The zero-order valence-electron chi connectivity index (χ0n) is 13.6. The fourth-order valence-electron chi connectivity index (χ4n) is 2.86. The van der Waals surface area contributed by atoms with Gasteiger partial charge in [-0.05, 0) is 43.5 Å². The lowest BCUT2D eigenvalue weighted by molar-refractivity contribution is 0.132. The zero-order valence-corrected chi connectivity index (χ0v) is 13.6. The van der Waals surface area contributed by atoms with Crippen LogP contribution < -0.4 is 5.32 Å². The SMILES string of the molecule is CCCCn1nnnc1[C@H]1CC[C@@H](CO)N1C(=O)NC(C)C. The highest BCUT2D eigenvalue weighted by Gasteiger charge is 2.40. The van der Waals surface area contributed by atoms with Crippen LogP contribution in [0.3, 0.4) is 0 Å². The lowest BCUT2D eigenvalue weighted by Gasteiger charge is -2.29. The molecule has 1 aliphatic heterocycles. The molecule has 0 bridgehead atoms. The third kappa shape index (κ3) is 3.55. The fourth-order valence-corrected chi connectivity index (χ4v) is 2.86. The quantitative estimate of drug-likeness (QED) is 0.820. The minimum absolute atomic E-state index is 0.0431. The van der Waals surface area contributed by atoms with Crippen LogP contribution in [0, 0.1) is 0 Å². The first-order valence-corrected chi connectivity index (χ1v) is 8.04. The highest BCUT2D eigenvalue weighted by Crippen LogP contribution is 2.34. The molecule has 0 unspecified atom stereocenters. The van der Waals surface area contributed by atoms with E-state index < -0.39 is 0 Å². The summed E-state index contributed by atoms with van der Waals surface area (Å²) in [5, 5.41) is 24.4. The van der Waals surface area contributed by atoms with Crippen molar-refractivity contribution in [3.05, 3.63) is 5.82 Å². The Bertz CT molecular complexity index is 489. The van der Waals surface area contributed by atoms with Gasteiger partial charge in [-0.25, -0.2) is 9.48 Å². The fraction of sp³-hybridized carbons (Fsp3) is 0.857. The maximum Gasteiger partial charge on any atom is 0.318 e. The first-order valence-electron chi connectivity index (χ1n) is 8.04. The molecular formula is C14H26N6O2. The first-order chi connectivity index (χ1) is 10.6. The number of aryl methyl sites for hydroxylation is 1. The standard InChI is InChI=1S/C14H26N6O2/c1-4-5-8-19-13(16-17-18-19)12-7-6-11(9-21)20(12)14(22)15-10(2)3/h10-12,21H,4-9H2,1-3H3,(H,15,22)/t11-,12+/m0/s1. The monoisotopic (exact) mass is 310 g/mol. The number of unbranched alkanes of at least 4 members (excludes halogenated alkanes) is 1. The number of urea groups is 1. The Morgan fingerprint density at radius 1 is 1.45 bits per heavy atom. The number of rotatable bonds is 6. The van der Waals surface area contributed by atoms with Crippen LogP contribution in [0.5, 0.6) is 0 Å². The van der Waals surface area contributed by atoms with Gasteiger partial charge in [0.2, 0.25) is 0 Å². The molecule has 1 aliphatic rings. The minimum atomic E-state index is -0.180. The topological polar surface area (TPSA) is 96.2 Å².